The Balaban J connectivity index is 1.90. The van der Waals surface area contributed by atoms with Gasteiger partial charge in [0.15, 0.2) is 6.29 Å². The average molecular weight is 313 g/mol. The van der Waals surface area contributed by atoms with Crippen LogP contribution in [0.5, 0.6) is 5.75 Å². The van der Waals surface area contributed by atoms with Crippen molar-refractivity contribution in [3.8, 4) is 16.9 Å². The van der Waals surface area contributed by atoms with Crippen molar-refractivity contribution >= 4 is 5.69 Å². The van der Waals surface area contributed by atoms with Crippen molar-refractivity contribution < 1.29 is 19.1 Å². The first-order valence-corrected chi connectivity index (χ1v) is 7.39. The van der Waals surface area contributed by atoms with Gasteiger partial charge < -0.3 is 14.2 Å². The Kier molecular flexibility index (Phi) is 3.28. The second kappa shape index (κ2) is 5.33. The van der Waals surface area contributed by atoms with Gasteiger partial charge in [-0.25, -0.2) is 0 Å². The summed E-state index contributed by atoms with van der Waals surface area (Å²) in [6.45, 7) is 1.06. The van der Waals surface area contributed by atoms with Gasteiger partial charge in [0, 0.05) is 12.1 Å². The van der Waals surface area contributed by atoms with Crippen LogP contribution in [-0.2, 0) is 9.47 Å². The second-order valence-electron chi connectivity index (χ2n) is 5.57. The van der Waals surface area contributed by atoms with Crippen molar-refractivity contribution in [1.82, 2.24) is 0 Å². The lowest BCUT2D eigenvalue weighted by atomic mass is 9.96. The van der Waals surface area contributed by atoms with E-state index in [0.717, 1.165) is 28.0 Å². The van der Waals surface area contributed by atoms with Crippen molar-refractivity contribution in [2.45, 2.75) is 12.2 Å². The Morgan fingerprint density at radius 3 is 2.39 bits per heavy atom. The summed E-state index contributed by atoms with van der Waals surface area (Å²) in [6, 6.07) is 10.8. The van der Waals surface area contributed by atoms with Crippen LogP contribution in [-0.4, -0.2) is 31.5 Å². The Morgan fingerprint density at radius 1 is 1.09 bits per heavy atom. The molecule has 2 aromatic rings. The average Bonchev–Trinajstić information content (AvgIpc) is 3.18. The van der Waals surface area contributed by atoms with Crippen LogP contribution in [0.1, 0.15) is 17.0 Å². The summed E-state index contributed by atoms with van der Waals surface area (Å²) in [5.74, 6) is 0.562. The van der Waals surface area contributed by atoms with E-state index in [4.69, 9.17) is 14.2 Å². The number of nitro groups is 1. The molecule has 23 heavy (non-hydrogen) atoms. The number of hydrogen-bond acceptors (Lipinski definition) is 5. The fourth-order valence-electron chi connectivity index (χ4n) is 3.37. The van der Waals surface area contributed by atoms with Crippen LogP contribution in [0.15, 0.2) is 36.4 Å². The maximum Gasteiger partial charge on any atom is 0.269 e. The van der Waals surface area contributed by atoms with Crippen LogP contribution < -0.4 is 4.74 Å². The number of rotatable bonds is 3. The minimum absolute atomic E-state index is 0.0755. The molecule has 1 fully saturated rings. The molecule has 1 aliphatic heterocycles. The molecule has 0 amide bonds. The van der Waals surface area contributed by atoms with Gasteiger partial charge in [-0.3, -0.25) is 10.1 Å². The van der Waals surface area contributed by atoms with E-state index >= 15 is 0 Å². The summed E-state index contributed by atoms with van der Waals surface area (Å²) in [5, 5.41) is 11.1. The monoisotopic (exact) mass is 313 g/mol. The number of methoxy groups -OCH3 is 1. The molecule has 1 aliphatic carbocycles. The van der Waals surface area contributed by atoms with E-state index in [1.165, 1.54) is 6.07 Å². The highest BCUT2D eigenvalue weighted by molar-refractivity contribution is 5.80. The molecule has 0 aromatic heterocycles. The first-order chi connectivity index (χ1) is 11.2. The molecule has 6 heteroatoms. The number of ether oxygens (including phenoxy) is 3. The molecular weight excluding hydrogens is 298 g/mol. The molecule has 4 rings (SSSR count). The molecule has 2 aliphatic rings. The third-order valence-corrected chi connectivity index (χ3v) is 4.38. The predicted molar refractivity (Wildman–Crippen MR) is 82.6 cm³/mol. The molecular formula is C17H15NO5. The highest BCUT2D eigenvalue weighted by Gasteiger charge is 2.38. The molecule has 1 unspecified atom stereocenters. The van der Waals surface area contributed by atoms with E-state index in [0.29, 0.717) is 13.2 Å². The van der Waals surface area contributed by atoms with Crippen LogP contribution in [0.4, 0.5) is 5.69 Å². The van der Waals surface area contributed by atoms with Crippen molar-refractivity contribution in [3.05, 3.63) is 57.6 Å². The van der Waals surface area contributed by atoms with E-state index < -0.39 is 6.29 Å². The third kappa shape index (κ3) is 2.18. The molecule has 0 saturated carbocycles. The summed E-state index contributed by atoms with van der Waals surface area (Å²) >= 11 is 0. The van der Waals surface area contributed by atoms with Gasteiger partial charge in [-0.1, -0.05) is 6.07 Å². The van der Waals surface area contributed by atoms with Crippen LogP contribution in [0, 0.1) is 10.1 Å². The van der Waals surface area contributed by atoms with Crippen LogP contribution in [0.25, 0.3) is 11.1 Å². The number of benzene rings is 2. The number of hydrogen-bond donors (Lipinski definition) is 0. The van der Waals surface area contributed by atoms with Gasteiger partial charge in [0.1, 0.15) is 5.75 Å². The molecule has 0 radical (unpaired) electrons. The van der Waals surface area contributed by atoms with Crippen molar-refractivity contribution in [3.63, 3.8) is 0 Å². The molecule has 1 saturated heterocycles. The summed E-state index contributed by atoms with van der Waals surface area (Å²) < 4.78 is 16.7. The Labute approximate surface area is 132 Å². The Bertz CT molecular complexity index is 783. The molecule has 2 aromatic carbocycles. The highest BCUT2D eigenvalue weighted by atomic mass is 16.7. The molecule has 0 N–H and O–H groups in total. The van der Waals surface area contributed by atoms with E-state index in [9.17, 15) is 10.1 Å². The Morgan fingerprint density at radius 2 is 1.74 bits per heavy atom. The number of fused-ring (bicyclic) bond motifs is 3. The number of non-ortho nitro benzene ring substituents is 1. The maximum atomic E-state index is 11.1. The fourth-order valence-corrected chi connectivity index (χ4v) is 3.37. The lowest BCUT2D eigenvalue weighted by Gasteiger charge is -2.20. The summed E-state index contributed by atoms with van der Waals surface area (Å²) in [5.41, 5.74) is 3.99. The van der Waals surface area contributed by atoms with Gasteiger partial charge in [0.2, 0.25) is 0 Å². The molecule has 0 spiro atoms. The minimum atomic E-state index is -0.427. The van der Waals surface area contributed by atoms with Crippen LogP contribution in [0.2, 0.25) is 0 Å². The van der Waals surface area contributed by atoms with Crippen molar-refractivity contribution in [2.24, 2.45) is 0 Å². The first-order valence-electron chi connectivity index (χ1n) is 7.39. The lowest BCUT2D eigenvalue weighted by Crippen LogP contribution is -2.19. The number of nitro benzene ring substituents is 1. The predicted octanol–water partition coefficient (Wildman–Crippen LogP) is 3.09. The molecule has 118 valence electrons. The van der Waals surface area contributed by atoms with E-state index in [1.54, 1.807) is 19.2 Å². The topological polar surface area (TPSA) is 70.8 Å². The third-order valence-electron chi connectivity index (χ3n) is 4.38. The van der Waals surface area contributed by atoms with Gasteiger partial charge >= 0.3 is 0 Å². The first kappa shape index (κ1) is 14.2. The fraction of sp³-hybridized carbons (Fsp3) is 0.294. The van der Waals surface area contributed by atoms with Gasteiger partial charge in [-0.2, -0.15) is 0 Å². The Hall–Kier alpha value is -2.44. The van der Waals surface area contributed by atoms with Crippen LogP contribution >= 0.6 is 0 Å². The molecule has 1 heterocycles. The molecule has 6 nitrogen and oxygen atoms in total. The summed E-state index contributed by atoms with van der Waals surface area (Å²) in [7, 11) is 1.62. The van der Waals surface area contributed by atoms with E-state index in [2.05, 4.69) is 0 Å². The zero-order chi connectivity index (χ0) is 16.0. The highest BCUT2D eigenvalue weighted by Crippen LogP contribution is 2.49. The summed E-state index contributed by atoms with van der Waals surface area (Å²) in [4.78, 5) is 10.7. The van der Waals surface area contributed by atoms with E-state index in [-0.39, 0.29) is 16.5 Å². The van der Waals surface area contributed by atoms with Gasteiger partial charge in [0.25, 0.3) is 5.69 Å². The van der Waals surface area contributed by atoms with Crippen molar-refractivity contribution in [2.75, 3.05) is 20.3 Å². The largest absolute Gasteiger partial charge is 0.497 e. The van der Waals surface area contributed by atoms with Crippen LogP contribution in [0.3, 0.4) is 0 Å². The quantitative estimate of drug-likeness (QED) is 0.643. The lowest BCUT2D eigenvalue weighted by molar-refractivity contribution is -0.384. The normalized spacial score (nSPS) is 19.4. The van der Waals surface area contributed by atoms with Gasteiger partial charge in [0.05, 0.1) is 31.2 Å². The SMILES string of the molecule is COc1ccc2c(c1)C(C1OCCO1)c1cc([N+](=O)[O-])ccc1-2. The van der Waals surface area contributed by atoms with Crippen molar-refractivity contribution in [1.29, 1.82) is 0 Å². The molecule has 0 bridgehead atoms. The maximum absolute atomic E-state index is 11.1. The zero-order valence-electron chi connectivity index (χ0n) is 12.5. The smallest absolute Gasteiger partial charge is 0.269 e. The second-order valence-corrected chi connectivity index (χ2v) is 5.57. The van der Waals surface area contributed by atoms with Gasteiger partial charge in [-0.15, -0.1) is 0 Å². The molecule has 1 atom stereocenters. The van der Waals surface area contributed by atoms with Gasteiger partial charge in [-0.05, 0) is 40.5 Å². The standard InChI is InChI=1S/C17H15NO5/c1-21-11-3-5-13-12-4-2-10(18(19)20)8-14(12)16(15(13)9-11)17-22-6-7-23-17/h2-5,8-9,16-17H,6-7H2,1H3. The summed E-state index contributed by atoms with van der Waals surface area (Å²) in [6.07, 6.45) is -0.427. The van der Waals surface area contributed by atoms with E-state index in [1.807, 2.05) is 18.2 Å². The number of nitrogens with zero attached hydrogens (tertiary/aromatic N) is 1. The minimum Gasteiger partial charge on any atom is -0.497 e. The zero-order valence-corrected chi connectivity index (χ0v) is 12.5.